The average molecular weight is 520 g/mol. The summed E-state index contributed by atoms with van der Waals surface area (Å²) in [7, 11) is 0. The Morgan fingerprint density at radius 3 is 2.13 bits per heavy atom. The number of nitrogens with zero attached hydrogens (tertiary/aromatic N) is 1. The number of alkyl carbamates (subject to hydrolysis) is 1. The molecule has 0 fully saturated rings. The largest absolute Gasteiger partial charge is 0.454 e. The number of nitro benzene ring substituents is 1. The fraction of sp³-hybridized carbons (Fsp3) is 0.154. The van der Waals surface area contributed by atoms with E-state index in [1.165, 1.54) is 18.2 Å². The van der Waals surface area contributed by atoms with Gasteiger partial charge < -0.3 is 14.8 Å². The number of nitrogens with one attached hydrogen (secondary N) is 3. The van der Waals surface area contributed by atoms with Crippen LogP contribution in [-0.2, 0) is 32.1 Å². The molecule has 12 nitrogen and oxygen atoms in total. The van der Waals surface area contributed by atoms with Gasteiger partial charge in [0.2, 0.25) is 0 Å². The molecular formula is C26H24N4O8. The molecule has 3 rings (SSSR count). The Bertz CT molecular complexity index is 1280. The number of nitro groups is 1. The van der Waals surface area contributed by atoms with Gasteiger partial charge in [0.1, 0.15) is 12.6 Å². The summed E-state index contributed by atoms with van der Waals surface area (Å²) in [5, 5.41) is 13.3. The molecule has 0 aliphatic heterocycles. The van der Waals surface area contributed by atoms with Crippen LogP contribution in [0.1, 0.15) is 21.5 Å². The van der Waals surface area contributed by atoms with Crippen molar-refractivity contribution in [3.8, 4) is 0 Å². The summed E-state index contributed by atoms with van der Waals surface area (Å²) in [5.74, 6) is -2.58. The van der Waals surface area contributed by atoms with Crippen molar-refractivity contribution in [1.29, 1.82) is 0 Å². The number of rotatable bonds is 10. The minimum atomic E-state index is -1.16. The lowest BCUT2D eigenvalue weighted by atomic mass is 10.1. The number of benzene rings is 3. The highest BCUT2D eigenvalue weighted by molar-refractivity contribution is 5.96. The highest BCUT2D eigenvalue weighted by atomic mass is 16.6. The van der Waals surface area contributed by atoms with Gasteiger partial charge in [-0.15, -0.1) is 0 Å². The molecule has 0 saturated heterocycles. The molecule has 3 amide bonds. The average Bonchev–Trinajstić information content (AvgIpc) is 2.94. The molecule has 12 heteroatoms. The molecule has 0 spiro atoms. The number of ether oxygens (including phenoxy) is 2. The highest BCUT2D eigenvalue weighted by Crippen LogP contribution is 2.12. The van der Waals surface area contributed by atoms with Crippen LogP contribution < -0.4 is 16.2 Å². The zero-order valence-electron chi connectivity index (χ0n) is 20.0. The summed E-state index contributed by atoms with van der Waals surface area (Å²) in [6, 6.07) is 21.6. The normalized spacial score (nSPS) is 10.9. The maximum Gasteiger partial charge on any atom is 0.408 e. The Morgan fingerprint density at radius 2 is 1.47 bits per heavy atom. The van der Waals surface area contributed by atoms with Gasteiger partial charge in [-0.2, -0.15) is 0 Å². The number of esters is 1. The van der Waals surface area contributed by atoms with Gasteiger partial charge >= 0.3 is 12.1 Å². The molecule has 0 heterocycles. The van der Waals surface area contributed by atoms with Crippen molar-refractivity contribution in [1.82, 2.24) is 16.2 Å². The SMILES string of the molecule is O=C(COC(=O)[C@H](Cc1ccccc1)NC(=O)OCc1ccccc1)NNC(=O)c1cccc([N+](=O)[O-])c1. The Labute approximate surface area is 217 Å². The third-order valence-electron chi connectivity index (χ3n) is 5.05. The van der Waals surface area contributed by atoms with Crippen molar-refractivity contribution >= 4 is 29.6 Å². The first kappa shape index (κ1) is 27.3. The maximum absolute atomic E-state index is 12.7. The van der Waals surface area contributed by atoms with Crippen LogP contribution in [0.5, 0.6) is 0 Å². The summed E-state index contributed by atoms with van der Waals surface area (Å²) in [4.78, 5) is 59.5. The minimum Gasteiger partial charge on any atom is -0.454 e. The van der Waals surface area contributed by atoms with Crippen LogP contribution in [0.4, 0.5) is 10.5 Å². The van der Waals surface area contributed by atoms with E-state index < -0.39 is 41.4 Å². The first-order chi connectivity index (χ1) is 18.3. The predicted octanol–water partition coefficient (Wildman–Crippen LogP) is 2.44. The van der Waals surface area contributed by atoms with Crippen molar-refractivity contribution in [2.45, 2.75) is 19.1 Å². The molecule has 1 atom stereocenters. The zero-order chi connectivity index (χ0) is 27.3. The molecule has 0 saturated carbocycles. The number of hydrazine groups is 1. The molecule has 0 aliphatic carbocycles. The van der Waals surface area contributed by atoms with Gasteiger partial charge in [-0.1, -0.05) is 66.7 Å². The number of amides is 3. The van der Waals surface area contributed by atoms with Gasteiger partial charge in [0.05, 0.1) is 4.92 Å². The van der Waals surface area contributed by atoms with Crippen LogP contribution in [0.3, 0.4) is 0 Å². The Kier molecular flexibility index (Phi) is 9.87. The third-order valence-corrected chi connectivity index (χ3v) is 5.05. The van der Waals surface area contributed by atoms with Crippen LogP contribution in [0.2, 0.25) is 0 Å². The second-order valence-corrected chi connectivity index (χ2v) is 7.87. The quantitative estimate of drug-likeness (QED) is 0.208. The summed E-state index contributed by atoms with van der Waals surface area (Å²) in [5.41, 5.74) is 5.27. The molecule has 0 radical (unpaired) electrons. The smallest absolute Gasteiger partial charge is 0.408 e. The van der Waals surface area contributed by atoms with E-state index in [2.05, 4.69) is 16.2 Å². The van der Waals surface area contributed by atoms with Gasteiger partial charge in [-0.25, -0.2) is 9.59 Å². The molecule has 0 unspecified atom stereocenters. The minimum absolute atomic E-state index is 0.00749. The topological polar surface area (TPSA) is 166 Å². The van der Waals surface area contributed by atoms with E-state index in [1.54, 1.807) is 54.6 Å². The Morgan fingerprint density at radius 1 is 0.816 bits per heavy atom. The second-order valence-electron chi connectivity index (χ2n) is 7.87. The van der Waals surface area contributed by atoms with E-state index in [1.807, 2.05) is 6.07 Å². The lowest BCUT2D eigenvalue weighted by Crippen LogP contribution is -2.46. The number of carbonyl (C=O) groups is 4. The second kappa shape index (κ2) is 13.7. The van der Waals surface area contributed by atoms with Crippen molar-refractivity contribution in [2.75, 3.05) is 6.61 Å². The van der Waals surface area contributed by atoms with Crippen LogP contribution in [0, 0.1) is 10.1 Å². The predicted molar refractivity (Wildman–Crippen MR) is 133 cm³/mol. The van der Waals surface area contributed by atoms with Gasteiger partial charge in [-0.3, -0.25) is 30.6 Å². The summed E-state index contributed by atoms with van der Waals surface area (Å²) >= 11 is 0. The van der Waals surface area contributed by atoms with E-state index in [4.69, 9.17) is 9.47 Å². The lowest BCUT2D eigenvalue weighted by molar-refractivity contribution is -0.384. The van der Waals surface area contributed by atoms with Gasteiger partial charge in [-0.05, 0) is 17.2 Å². The van der Waals surface area contributed by atoms with Crippen LogP contribution >= 0.6 is 0 Å². The standard InChI is InChI=1S/C26H24N4O8/c31-23(28-29-24(32)20-12-7-13-21(15-20)30(35)36)17-37-25(33)22(14-18-8-3-1-4-9-18)27-26(34)38-16-19-10-5-2-6-11-19/h1-13,15,22H,14,16-17H2,(H,27,34)(H,28,31)(H,29,32)/t22-/m0/s1. The fourth-order valence-corrected chi connectivity index (χ4v) is 3.18. The van der Waals surface area contributed by atoms with E-state index in [0.717, 1.165) is 17.2 Å². The van der Waals surface area contributed by atoms with E-state index in [9.17, 15) is 29.3 Å². The summed E-state index contributed by atoms with van der Waals surface area (Å²) < 4.78 is 10.2. The maximum atomic E-state index is 12.7. The number of hydrogen-bond acceptors (Lipinski definition) is 8. The summed E-state index contributed by atoms with van der Waals surface area (Å²) in [6.07, 6.45) is -0.772. The van der Waals surface area contributed by atoms with Gasteiger partial charge in [0.25, 0.3) is 17.5 Å². The molecule has 196 valence electrons. The Hall–Kier alpha value is -5.26. The van der Waals surface area contributed by atoms with Crippen LogP contribution in [0.25, 0.3) is 0 Å². The van der Waals surface area contributed by atoms with E-state index in [-0.39, 0.29) is 24.3 Å². The Balaban J connectivity index is 1.52. The van der Waals surface area contributed by atoms with Crippen LogP contribution in [0.15, 0.2) is 84.9 Å². The van der Waals surface area contributed by atoms with Crippen molar-refractivity contribution in [2.24, 2.45) is 0 Å². The van der Waals surface area contributed by atoms with Gasteiger partial charge in [0.15, 0.2) is 6.61 Å². The zero-order valence-corrected chi connectivity index (χ0v) is 20.0. The molecule has 38 heavy (non-hydrogen) atoms. The van der Waals surface area contributed by atoms with Crippen molar-refractivity contribution in [3.63, 3.8) is 0 Å². The fourth-order valence-electron chi connectivity index (χ4n) is 3.18. The van der Waals surface area contributed by atoms with E-state index in [0.29, 0.717) is 0 Å². The number of non-ortho nitro benzene ring substituents is 1. The monoisotopic (exact) mass is 520 g/mol. The van der Waals surface area contributed by atoms with Crippen LogP contribution in [-0.4, -0.2) is 41.4 Å². The summed E-state index contributed by atoms with van der Waals surface area (Å²) in [6.45, 7) is -0.771. The van der Waals surface area contributed by atoms with Gasteiger partial charge in [0, 0.05) is 24.1 Å². The number of hydrogen-bond donors (Lipinski definition) is 3. The molecule has 0 aromatic heterocycles. The van der Waals surface area contributed by atoms with Crippen molar-refractivity contribution < 1.29 is 33.6 Å². The molecule has 0 aliphatic rings. The highest BCUT2D eigenvalue weighted by Gasteiger charge is 2.24. The molecule has 3 aromatic carbocycles. The first-order valence-corrected chi connectivity index (χ1v) is 11.3. The number of carbonyl (C=O) groups excluding carboxylic acids is 4. The first-order valence-electron chi connectivity index (χ1n) is 11.3. The molecule has 3 aromatic rings. The molecule has 3 N–H and O–H groups in total. The lowest BCUT2D eigenvalue weighted by Gasteiger charge is -2.18. The van der Waals surface area contributed by atoms with Crippen molar-refractivity contribution in [3.05, 3.63) is 112 Å². The van der Waals surface area contributed by atoms with E-state index >= 15 is 0 Å². The third kappa shape index (κ3) is 8.75. The molecule has 0 bridgehead atoms. The molecular weight excluding hydrogens is 496 g/mol.